The van der Waals surface area contributed by atoms with Crippen molar-refractivity contribution in [3.05, 3.63) is 0 Å². The molecule has 0 saturated carbocycles. The summed E-state index contributed by atoms with van der Waals surface area (Å²) in [4.78, 5) is 15.3. The molecular weight excluding hydrogens is 152 g/mol. The van der Waals surface area contributed by atoms with Gasteiger partial charge < -0.3 is 9.80 Å². The second kappa shape index (κ2) is 2.64. The van der Waals surface area contributed by atoms with Crippen LogP contribution in [-0.2, 0) is 0 Å². The third-order valence-corrected chi connectivity index (χ3v) is 2.62. The van der Waals surface area contributed by atoms with Gasteiger partial charge in [0.05, 0.1) is 5.54 Å². The molecule has 0 spiro atoms. The third-order valence-electron chi connectivity index (χ3n) is 2.62. The highest BCUT2D eigenvalue weighted by Gasteiger charge is 2.41. The number of carbonyl (C=O) groups is 1. The molecule has 0 aromatic rings. The SMILES string of the molecule is CC(C)N1CC(C)(C)N(C)C1=O. The van der Waals surface area contributed by atoms with Crippen molar-refractivity contribution in [1.82, 2.24) is 9.80 Å². The summed E-state index contributed by atoms with van der Waals surface area (Å²) in [6, 6.07) is 0.455. The fraction of sp³-hybridized carbons (Fsp3) is 0.889. The van der Waals surface area contributed by atoms with Gasteiger partial charge in [-0.25, -0.2) is 4.79 Å². The van der Waals surface area contributed by atoms with Gasteiger partial charge in [-0.2, -0.15) is 0 Å². The lowest BCUT2D eigenvalue weighted by Gasteiger charge is -2.24. The first-order valence-electron chi connectivity index (χ1n) is 4.40. The zero-order valence-corrected chi connectivity index (χ0v) is 8.59. The minimum Gasteiger partial charge on any atom is -0.321 e. The molecule has 3 heteroatoms. The van der Waals surface area contributed by atoms with E-state index in [4.69, 9.17) is 0 Å². The molecule has 2 amide bonds. The number of nitrogens with zero attached hydrogens (tertiary/aromatic N) is 2. The van der Waals surface area contributed by atoms with Gasteiger partial charge in [-0.15, -0.1) is 0 Å². The Morgan fingerprint density at radius 1 is 1.42 bits per heavy atom. The highest BCUT2D eigenvalue weighted by atomic mass is 16.2. The highest BCUT2D eigenvalue weighted by Crippen LogP contribution is 2.25. The second-order valence-electron chi connectivity index (χ2n) is 4.38. The van der Waals surface area contributed by atoms with Gasteiger partial charge in [0.15, 0.2) is 0 Å². The molecule has 0 atom stereocenters. The Bertz CT molecular complexity index is 199. The predicted molar refractivity (Wildman–Crippen MR) is 49.1 cm³/mol. The van der Waals surface area contributed by atoms with Crippen LogP contribution >= 0.6 is 0 Å². The zero-order chi connectivity index (χ0) is 9.52. The van der Waals surface area contributed by atoms with Gasteiger partial charge >= 0.3 is 6.03 Å². The molecule has 1 rings (SSSR count). The number of carbonyl (C=O) groups excluding carboxylic acids is 1. The molecule has 0 aromatic carbocycles. The smallest absolute Gasteiger partial charge is 0.320 e. The Hall–Kier alpha value is -0.730. The summed E-state index contributed by atoms with van der Waals surface area (Å²) < 4.78 is 0. The van der Waals surface area contributed by atoms with Crippen LogP contribution in [0.5, 0.6) is 0 Å². The van der Waals surface area contributed by atoms with Gasteiger partial charge in [-0.1, -0.05) is 0 Å². The molecule has 1 aliphatic heterocycles. The second-order valence-corrected chi connectivity index (χ2v) is 4.38. The van der Waals surface area contributed by atoms with Crippen molar-refractivity contribution >= 4 is 6.03 Å². The Morgan fingerprint density at radius 2 is 1.92 bits per heavy atom. The van der Waals surface area contributed by atoms with Gasteiger partial charge in [-0.05, 0) is 27.7 Å². The van der Waals surface area contributed by atoms with Crippen LogP contribution in [0.3, 0.4) is 0 Å². The van der Waals surface area contributed by atoms with E-state index in [9.17, 15) is 4.79 Å². The first-order chi connectivity index (χ1) is 5.36. The monoisotopic (exact) mass is 170 g/mol. The van der Waals surface area contributed by atoms with Gasteiger partial charge in [0.25, 0.3) is 0 Å². The number of amides is 2. The molecule has 0 bridgehead atoms. The van der Waals surface area contributed by atoms with E-state index in [1.807, 2.05) is 30.7 Å². The summed E-state index contributed by atoms with van der Waals surface area (Å²) in [6.45, 7) is 9.11. The zero-order valence-electron chi connectivity index (χ0n) is 8.59. The highest BCUT2D eigenvalue weighted by molar-refractivity contribution is 5.77. The molecule has 70 valence electrons. The Kier molecular flexibility index (Phi) is 2.06. The van der Waals surface area contributed by atoms with Crippen LogP contribution in [-0.4, -0.2) is 41.0 Å². The third kappa shape index (κ3) is 1.28. The minimum absolute atomic E-state index is 0.0125. The lowest BCUT2D eigenvalue weighted by Crippen LogP contribution is -2.38. The van der Waals surface area contributed by atoms with E-state index in [0.717, 1.165) is 6.54 Å². The maximum atomic E-state index is 11.6. The molecule has 0 unspecified atom stereocenters. The van der Waals surface area contributed by atoms with Gasteiger partial charge in [0.2, 0.25) is 0 Å². The Balaban J connectivity index is 2.81. The Labute approximate surface area is 74.3 Å². The number of hydrogen-bond acceptors (Lipinski definition) is 1. The largest absolute Gasteiger partial charge is 0.321 e. The van der Waals surface area contributed by atoms with Crippen molar-refractivity contribution in [2.75, 3.05) is 13.6 Å². The number of hydrogen-bond donors (Lipinski definition) is 0. The summed E-state index contributed by atoms with van der Waals surface area (Å²) >= 11 is 0. The molecule has 0 radical (unpaired) electrons. The van der Waals surface area contributed by atoms with Crippen molar-refractivity contribution in [3.63, 3.8) is 0 Å². The molecular formula is C9H18N2O. The lowest BCUT2D eigenvalue weighted by atomic mass is 10.1. The lowest BCUT2D eigenvalue weighted by molar-refractivity contribution is 0.182. The fourth-order valence-electron chi connectivity index (χ4n) is 1.45. The summed E-state index contributed by atoms with van der Waals surface area (Å²) in [5.41, 5.74) is -0.0125. The molecule has 1 aliphatic rings. The van der Waals surface area contributed by atoms with E-state index >= 15 is 0 Å². The molecule has 0 aliphatic carbocycles. The van der Waals surface area contributed by atoms with E-state index < -0.39 is 0 Å². The van der Waals surface area contributed by atoms with Crippen molar-refractivity contribution in [2.24, 2.45) is 0 Å². The van der Waals surface area contributed by atoms with Gasteiger partial charge in [-0.3, -0.25) is 0 Å². The number of rotatable bonds is 1. The summed E-state index contributed by atoms with van der Waals surface area (Å²) in [5.74, 6) is 0. The predicted octanol–water partition coefficient (Wildman–Crippen LogP) is 1.54. The fourth-order valence-corrected chi connectivity index (χ4v) is 1.45. The molecule has 0 N–H and O–H groups in total. The van der Waals surface area contributed by atoms with Crippen molar-refractivity contribution in [1.29, 1.82) is 0 Å². The topological polar surface area (TPSA) is 23.6 Å². The average Bonchev–Trinajstić information content (AvgIpc) is 2.14. The van der Waals surface area contributed by atoms with Crippen LogP contribution in [0.15, 0.2) is 0 Å². The molecule has 0 aromatic heterocycles. The van der Waals surface area contributed by atoms with Crippen LogP contribution in [0.2, 0.25) is 0 Å². The van der Waals surface area contributed by atoms with Crippen LogP contribution in [0.25, 0.3) is 0 Å². The standard InChI is InChI=1S/C9H18N2O/c1-7(2)11-6-9(3,4)10(5)8(11)12/h7H,6H2,1-5H3. The quantitative estimate of drug-likeness (QED) is 0.585. The van der Waals surface area contributed by atoms with Crippen LogP contribution in [0.4, 0.5) is 4.79 Å². The van der Waals surface area contributed by atoms with E-state index in [1.54, 1.807) is 0 Å². The van der Waals surface area contributed by atoms with Crippen LogP contribution in [0, 0.1) is 0 Å². The molecule has 1 heterocycles. The molecule has 1 saturated heterocycles. The van der Waals surface area contributed by atoms with E-state index in [1.165, 1.54) is 0 Å². The van der Waals surface area contributed by atoms with Crippen molar-refractivity contribution < 1.29 is 4.79 Å². The molecule has 3 nitrogen and oxygen atoms in total. The van der Waals surface area contributed by atoms with E-state index in [-0.39, 0.29) is 11.6 Å². The Morgan fingerprint density at radius 3 is 2.08 bits per heavy atom. The maximum absolute atomic E-state index is 11.6. The number of urea groups is 1. The van der Waals surface area contributed by atoms with E-state index in [0.29, 0.717) is 6.04 Å². The average molecular weight is 170 g/mol. The summed E-state index contributed by atoms with van der Waals surface area (Å²) in [5, 5.41) is 0. The first-order valence-corrected chi connectivity index (χ1v) is 4.40. The maximum Gasteiger partial charge on any atom is 0.320 e. The molecule has 12 heavy (non-hydrogen) atoms. The summed E-state index contributed by atoms with van der Waals surface area (Å²) in [6.07, 6.45) is 0. The van der Waals surface area contributed by atoms with Crippen LogP contribution in [0.1, 0.15) is 27.7 Å². The normalized spacial score (nSPS) is 22.7. The van der Waals surface area contributed by atoms with Crippen LogP contribution < -0.4 is 0 Å². The van der Waals surface area contributed by atoms with Gasteiger partial charge in [0, 0.05) is 19.6 Å². The van der Waals surface area contributed by atoms with Gasteiger partial charge in [0.1, 0.15) is 0 Å². The number of likely N-dealkylation sites (N-methyl/N-ethyl adjacent to an activating group) is 1. The van der Waals surface area contributed by atoms with Crippen molar-refractivity contribution in [3.8, 4) is 0 Å². The molecule has 1 fully saturated rings. The summed E-state index contributed by atoms with van der Waals surface area (Å²) in [7, 11) is 1.87. The van der Waals surface area contributed by atoms with E-state index in [2.05, 4.69) is 13.8 Å². The first kappa shape index (κ1) is 9.36. The van der Waals surface area contributed by atoms with Crippen molar-refractivity contribution in [2.45, 2.75) is 39.3 Å². The minimum atomic E-state index is -0.0125.